The zero-order chi connectivity index (χ0) is 14.5. The highest BCUT2D eigenvalue weighted by Gasteiger charge is 2.00. The zero-order valence-electron chi connectivity index (χ0n) is 13.2. The molecule has 0 N–H and O–H groups in total. The molecule has 0 saturated heterocycles. The van der Waals surface area contributed by atoms with Crippen LogP contribution in [0, 0.1) is 0 Å². The Hall–Kier alpha value is -0.820. The summed E-state index contributed by atoms with van der Waals surface area (Å²) in [5.41, 5.74) is 2.26. The predicted molar refractivity (Wildman–Crippen MR) is 86.4 cm³/mol. The molecule has 0 aliphatic rings. The van der Waals surface area contributed by atoms with E-state index < -0.39 is 0 Å². The van der Waals surface area contributed by atoms with Crippen molar-refractivity contribution >= 4 is 0 Å². The van der Waals surface area contributed by atoms with Gasteiger partial charge < -0.3 is 0 Å². The second-order valence-electron chi connectivity index (χ2n) is 5.85. The summed E-state index contributed by atoms with van der Waals surface area (Å²) >= 11 is 0. The first-order valence-electron chi connectivity index (χ1n) is 8.53. The highest BCUT2D eigenvalue weighted by molar-refractivity contribution is 5.26. The highest BCUT2D eigenvalue weighted by Crippen LogP contribution is 2.15. The van der Waals surface area contributed by atoms with Crippen LogP contribution in [0.4, 0.5) is 0 Å². The van der Waals surface area contributed by atoms with Crippen LogP contribution >= 0.6 is 0 Å². The van der Waals surface area contributed by atoms with Gasteiger partial charge >= 0.3 is 0 Å². The van der Waals surface area contributed by atoms with Crippen LogP contribution in [0.1, 0.15) is 82.3 Å². The molecule has 20 heavy (non-hydrogen) atoms. The second-order valence-corrected chi connectivity index (χ2v) is 5.85. The molecule has 1 heteroatoms. The van der Waals surface area contributed by atoms with E-state index in [-0.39, 0.29) is 6.61 Å². The minimum atomic E-state index is -0.0755. The molecule has 0 saturated carbocycles. The fraction of sp³-hybridized carbons (Fsp3) is 0.684. The Morgan fingerprint density at radius 3 is 1.75 bits per heavy atom. The first kappa shape index (κ1) is 17.2. The Labute approximate surface area is 125 Å². The minimum absolute atomic E-state index is 0.0755. The number of benzene rings is 1. The van der Waals surface area contributed by atoms with E-state index in [0.717, 1.165) is 12.0 Å². The quantitative estimate of drug-likeness (QED) is 0.412. The van der Waals surface area contributed by atoms with Gasteiger partial charge in [0.1, 0.15) is 6.61 Å². The minimum Gasteiger partial charge on any atom is -0.232 e. The smallest absolute Gasteiger partial charge is 0.108 e. The number of hydrogen-bond acceptors (Lipinski definition) is 0. The van der Waals surface area contributed by atoms with E-state index in [4.69, 9.17) is 0 Å². The molecule has 1 rings (SSSR count). The van der Waals surface area contributed by atoms with Gasteiger partial charge in [-0.3, -0.25) is 0 Å². The summed E-state index contributed by atoms with van der Waals surface area (Å²) in [4.78, 5) is 0. The third-order valence-corrected chi connectivity index (χ3v) is 4.07. The van der Waals surface area contributed by atoms with Crippen molar-refractivity contribution < 1.29 is 5.11 Å². The molecule has 113 valence electrons. The van der Waals surface area contributed by atoms with Gasteiger partial charge in [-0.1, -0.05) is 89.0 Å². The lowest BCUT2D eigenvalue weighted by Gasteiger charge is -2.06. The predicted octanol–water partition coefficient (Wildman–Crippen LogP) is 6.08. The van der Waals surface area contributed by atoms with Crippen molar-refractivity contribution in [3.05, 3.63) is 35.4 Å². The number of rotatable bonds is 12. The van der Waals surface area contributed by atoms with Gasteiger partial charge in [-0.15, -0.1) is 0 Å². The van der Waals surface area contributed by atoms with Crippen LogP contribution < -0.4 is 0 Å². The van der Waals surface area contributed by atoms with Crippen LogP contribution in [0.2, 0.25) is 0 Å². The lowest BCUT2D eigenvalue weighted by molar-refractivity contribution is 0.176. The maximum Gasteiger partial charge on any atom is 0.108 e. The summed E-state index contributed by atoms with van der Waals surface area (Å²) in [6, 6.07) is 8.10. The molecular weight excluding hydrogens is 244 g/mol. The van der Waals surface area contributed by atoms with Gasteiger partial charge in [0.25, 0.3) is 0 Å². The summed E-state index contributed by atoms with van der Waals surface area (Å²) in [5, 5.41) is 11.0. The largest absolute Gasteiger partial charge is 0.232 e. The van der Waals surface area contributed by atoms with Gasteiger partial charge in [-0.2, -0.15) is 0 Å². The Morgan fingerprint density at radius 1 is 0.700 bits per heavy atom. The van der Waals surface area contributed by atoms with E-state index >= 15 is 0 Å². The van der Waals surface area contributed by atoms with Crippen molar-refractivity contribution in [3.63, 3.8) is 0 Å². The SMILES string of the molecule is CCCCCCCCCCCCc1ccccc1C[O]. The summed E-state index contributed by atoms with van der Waals surface area (Å²) in [6.45, 7) is 2.19. The zero-order valence-corrected chi connectivity index (χ0v) is 13.2. The third-order valence-electron chi connectivity index (χ3n) is 4.07. The maximum absolute atomic E-state index is 11.0. The van der Waals surface area contributed by atoms with Crippen molar-refractivity contribution in [1.82, 2.24) is 0 Å². The Morgan fingerprint density at radius 2 is 1.20 bits per heavy atom. The molecule has 0 aromatic heterocycles. The van der Waals surface area contributed by atoms with Crippen molar-refractivity contribution in [2.24, 2.45) is 0 Å². The lowest BCUT2D eigenvalue weighted by Crippen LogP contribution is -1.93. The van der Waals surface area contributed by atoms with Crippen molar-refractivity contribution in [2.45, 2.75) is 84.2 Å². The molecule has 1 aromatic carbocycles. The Balaban J connectivity index is 1.97. The number of aryl methyl sites for hydroxylation is 1. The lowest BCUT2D eigenvalue weighted by atomic mass is 10.0. The van der Waals surface area contributed by atoms with Gasteiger partial charge in [0.2, 0.25) is 0 Å². The van der Waals surface area contributed by atoms with E-state index in [0.29, 0.717) is 0 Å². The first-order chi connectivity index (χ1) is 9.88. The first-order valence-corrected chi connectivity index (χ1v) is 8.53. The van der Waals surface area contributed by atoms with E-state index in [1.54, 1.807) is 0 Å². The van der Waals surface area contributed by atoms with Crippen LogP contribution in [0.5, 0.6) is 0 Å². The molecule has 1 radical (unpaired) electrons. The van der Waals surface area contributed by atoms with Crippen LogP contribution in [0.3, 0.4) is 0 Å². The summed E-state index contributed by atoms with van der Waals surface area (Å²) in [6.07, 6.45) is 14.8. The molecule has 0 aliphatic heterocycles. The Kier molecular flexibility index (Phi) is 10.3. The molecule has 0 heterocycles. The molecule has 1 nitrogen and oxygen atoms in total. The molecule has 0 bridgehead atoms. The van der Waals surface area contributed by atoms with Gasteiger partial charge in [0.15, 0.2) is 0 Å². The molecule has 0 amide bonds. The molecular formula is C19H31O. The third kappa shape index (κ3) is 7.69. The molecule has 0 unspecified atom stereocenters. The monoisotopic (exact) mass is 275 g/mol. The van der Waals surface area contributed by atoms with Crippen molar-refractivity contribution in [3.8, 4) is 0 Å². The van der Waals surface area contributed by atoms with Crippen LogP contribution in [-0.4, -0.2) is 0 Å². The average molecular weight is 275 g/mol. The Bertz CT molecular complexity index is 332. The van der Waals surface area contributed by atoms with Crippen molar-refractivity contribution in [1.29, 1.82) is 0 Å². The van der Waals surface area contributed by atoms with Gasteiger partial charge in [-0.25, -0.2) is 5.11 Å². The van der Waals surface area contributed by atoms with E-state index in [1.807, 2.05) is 18.2 Å². The van der Waals surface area contributed by atoms with E-state index in [9.17, 15) is 5.11 Å². The molecule has 0 aliphatic carbocycles. The van der Waals surface area contributed by atoms with Crippen LogP contribution in [0.15, 0.2) is 24.3 Å². The van der Waals surface area contributed by atoms with Gasteiger partial charge in [0, 0.05) is 0 Å². The van der Waals surface area contributed by atoms with Crippen molar-refractivity contribution in [2.75, 3.05) is 0 Å². The van der Waals surface area contributed by atoms with Crippen LogP contribution in [0.25, 0.3) is 0 Å². The summed E-state index contributed by atoms with van der Waals surface area (Å²) in [5.74, 6) is 0. The van der Waals surface area contributed by atoms with Crippen LogP contribution in [-0.2, 0) is 18.1 Å². The molecule has 0 atom stereocenters. The highest BCUT2D eigenvalue weighted by atomic mass is 16.3. The standard InChI is InChI=1S/C19H31O/c1-2-3-4-5-6-7-8-9-10-11-14-18-15-12-13-16-19(18)17-20/h12-13,15-16H,2-11,14,17H2,1H3. The van der Waals surface area contributed by atoms with Gasteiger partial charge in [0.05, 0.1) is 0 Å². The second kappa shape index (κ2) is 12.0. The fourth-order valence-electron chi connectivity index (χ4n) is 2.75. The number of unbranched alkanes of at least 4 members (excludes halogenated alkanes) is 9. The number of hydrogen-bond donors (Lipinski definition) is 0. The summed E-state index contributed by atoms with van der Waals surface area (Å²) in [7, 11) is 0. The average Bonchev–Trinajstić information content (AvgIpc) is 2.49. The van der Waals surface area contributed by atoms with E-state index in [1.165, 1.54) is 69.8 Å². The molecule has 0 spiro atoms. The van der Waals surface area contributed by atoms with E-state index in [2.05, 4.69) is 13.0 Å². The topological polar surface area (TPSA) is 19.9 Å². The molecule has 1 aromatic rings. The normalized spacial score (nSPS) is 10.9. The van der Waals surface area contributed by atoms with Gasteiger partial charge in [-0.05, 0) is 24.0 Å². The summed E-state index contributed by atoms with van der Waals surface area (Å²) < 4.78 is 0. The molecule has 0 fully saturated rings. The fourth-order valence-corrected chi connectivity index (χ4v) is 2.75. The maximum atomic E-state index is 11.0.